The number of ether oxygens (including phenoxy) is 1. The molecule has 174 valence electrons. The first-order valence-electron chi connectivity index (χ1n) is 10.9. The zero-order chi connectivity index (χ0) is 24.5. The Morgan fingerprint density at radius 2 is 1.71 bits per heavy atom. The molecule has 3 aromatic carbocycles. The van der Waals surface area contributed by atoms with Crippen molar-refractivity contribution in [2.75, 3.05) is 13.7 Å². The highest BCUT2D eigenvalue weighted by Gasteiger charge is 2.37. The van der Waals surface area contributed by atoms with Crippen LogP contribution in [-0.2, 0) is 0 Å². The molecule has 4 aromatic rings. The fourth-order valence-corrected chi connectivity index (χ4v) is 4.53. The summed E-state index contributed by atoms with van der Waals surface area (Å²) in [7, 11) is 1.55. The Morgan fingerprint density at radius 3 is 2.43 bits per heavy atom. The van der Waals surface area contributed by atoms with Crippen LogP contribution < -0.4 is 10.1 Å². The predicted octanol–water partition coefficient (Wildman–Crippen LogP) is 4.77. The number of hydrogen-bond donors (Lipinski definition) is 1. The van der Waals surface area contributed by atoms with Crippen LogP contribution in [0.1, 0.15) is 42.8 Å². The van der Waals surface area contributed by atoms with Crippen molar-refractivity contribution >= 4 is 44.4 Å². The van der Waals surface area contributed by atoms with Crippen LogP contribution in [0.15, 0.2) is 83.5 Å². The molecule has 35 heavy (non-hydrogen) atoms. The van der Waals surface area contributed by atoms with Crippen molar-refractivity contribution in [3.05, 3.63) is 106 Å². The summed E-state index contributed by atoms with van der Waals surface area (Å²) in [5.74, 6) is -0.600. The van der Waals surface area contributed by atoms with E-state index in [0.29, 0.717) is 22.4 Å². The molecular formula is C27H20BrN3O4. The van der Waals surface area contributed by atoms with E-state index in [0.717, 1.165) is 15.2 Å². The number of nitrogens with one attached hydrogen (secondary N) is 1. The Balaban J connectivity index is 1.47. The number of pyridine rings is 1. The molecule has 1 N–H and O–H groups in total. The molecule has 2 heterocycles. The molecule has 3 amide bonds. The topological polar surface area (TPSA) is 88.6 Å². The number of carbonyl (C=O) groups excluding carboxylic acids is 3. The van der Waals surface area contributed by atoms with Gasteiger partial charge in [-0.25, -0.2) is 0 Å². The molecule has 0 radical (unpaired) electrons. The summed E-state index contributed by atoms with van der Waals surface area (Å²) in [4.78, 5) is 44.7. The van der Waals surface area contributed by atoms with E-state index in [1.54, 1.807) is 61.8 Å². The van der Waals surface area contributed by atoms with Crippen LogP contribution in [0.5, 0.6) is 5.75 Å². The molecule has 8 heteroatoms. The average molecular weight is 530 g/mol. The van der Waals surface area contributed by atoms with Crippen molar-refractivity contribution < 1.29 is 19.1 Å². The predicted molar refractivity (Wildman–Crippen MR) is 134 cm³/mol. The lowest BCUT2D eigenvalue weighted by Gasteiger charge is -2.24. The van der Waals surface area contributed by atoms with Gasteiger partial charge < -0.3 is 10.1 Å². The van der Waals surface area contributed by atoms with Gasteiger partial charge in [0.05, 0.1) is 30.8 Å². The summed E-state index contributed by atoms with van der Waals surface area (Å²) in [5.41, 5.74) is 1.63. The molecule has 0 aliphatic carbocycles. The summed E-state index contributed by atoms with van der Waals surface area (Å²) in [6.07, 6.45) is 1.64. The van der Waals surface area contributed by atoms with E-state index in [9.17, 15) is 14.4 Å². The quantitative estimate of drug-likeness (QED) is 0.363. The third-order valence-electron chi connectivity index (χ3n) is 5.96. The normalized spacial score (nSPS) is 13.6. The van der Waals surface area contributed by atoms with Crippen LogP contribution in [0, 0.1) is 0 Å². The third kappa shape index (κ3) is 4.40. The van der Waals surface area contributed by atoms with Gasteiger partial charge in [-0.3, -0.25) is 24.3 Å². The monoisotopic (exact) mass is 529 g/mol. The molecule has 0 spiro atoms. The molecule has 0 saturated carbocycles. The molecule has 1 aromatic heterocycles. The Bertz CT molecular complexity index is 1450. The van der Waals surface area contributed by atoms with Gasteiger partial charge >= 0.3 is 0 Å². The Morgan fingerprint density at radius 1 is 0.971 bits per heavy atom. The van der Waals surface area contributed by atoms with E-state index in [2.05, 4.69) is 26.2 Å². The highest BCUT2D eigenvalue weighted by atomic mass is 79.9. The number of amides is 3. The van der Waals surface area contributed by atoms with Gasteiger partial charge in [0.2, 0.25) is 0 Å². The molecule has 0 saturated heterocycles. The molecule has 1 atom stereocenters. The fourth-order valence-electron chi connectivity index (χ4n) is 4.15. The van der Waals surface area contributed by atoms with Gasteiger partial charge in [0.25, 0.3) is 17.7 Å². The molecule has 7 nitrogen and oxygen atoms in total. The number of methoxy groups -OCH3 is 1. The maximum Gasteiger partial charge on any atom is 0.270 e. The number of benzene rings is 3. The number of rotatable bonds is 6. The number of carbonyl (C=O) groups is 3. The van der Waals surface area contributed by atoms with Crippen molar-refractivity contribution in [2.24, 2.45) is 0 Å². The van der Waals surface area contributed by atoms with Gasteiger partial charge in [0, 0.05) is 16.1 Å². The molecule has 0 fully saturated rings. The van der Waals surface area contributed by atoms with Gasteiger partial charge in [0.15, 0.2) is 0 Å². The standard InChI is InChI=1S/C27H20BrN3O4/c1-35-20-6-4-5-16(12-20)24(15-31-26(33)21-7-2-3-8-22(21)27(31)34)30-25(32)23-13-18-11-19(28)10-9-17(18)14-29-23/h2-14,24H,15H2,1H3,(H,30,32). The van der Waals surface area contributed by atoms with Crippen LogP contribution in [0.4, 0.5) is 0 Å². The van der Waals surface area contributed by atoms with Crippen LogP contribution in [0.3, 0.4) is 0 Å². The highest BCUT2D eigenvalue weighted by Crippen LogP contribution is 2.27. The maximum atomic E-state index is 13.3. The lowest BCUT2D eigenvalue weighted by Crippen LogP contribution is -2.40. The Labute approximate surface area is 209 Å². The van der Waals surface area contributed by atoms with Gasteiger partial charge in [-0.15, -0.1) is 0 Å². The van der Waals surface area contributed by atoms with E-state index < -0.39 is 11.9 Å². The van der Waals surface area contributed by atoms with Crippen LogP contribution in [0.25, 0.3) is 10.8 Å². The van der Waals surface area contributed by atoms with Crippen molar-refractivity contribution in [1.29, 1.82) is 0 Å². The largest absolute Gasteiger partial charge is 0.497 e. The number of aromatic nitrogens is 1. The number of nitrogens with zero attached hydrogens (tertiary/aromatic N) is 2. The Hall–Kier alpha value is -4.04. The van der Waals surface area contributed by atoms with Crippen LogP contribution in [-0.4, -0.2) is 41.3 Å². The fraction of sp³-hybridized carbons (Fsp3) is 0.111. The Kier molecular flexibility index (Phi) is 6.05. The van der Waals surface area contributed by atoms with Crippen molar-refractivity contribution in [1.82, 2.24) is 15.2 Å². The zero-order valence-corrected chi connectivity index (χ0v) is 20.3. The molecule has 5 rings (SSSR count). The summed E-state index contributed by atoms with van der Waals surface area (Å²) in [6.45, 7) is -0.0373. The van der Waals surface area contributed by atoms with E-state index >= 15 is 0 Å². The van der Waals surface area contributed by atoms with E-state index in [1.165, 1.54) is 4.90 Å². The minimum absolute atomic E-state index is 0.0373. The van der Waals surface area contributed by atoms with Crippen LogP contribution >= 0.6 is 15.9 Å². The van der Waals surface area contributed by atoms with E-state index in [4.69, 9.17) is 4.74 Å². The maximum absolute atomic E-state index is 13.3. The first-order chi connectivity index (χ1) is 16.9. The van der Waals surface area contributed by atoms with E-state index in [-0.39, 0.29) is 24.1 Å². The lowest BCUT2D eigenvalue weighted by atomic mass is 10.0. The van der Waals surface area contributed by atoms with Gasteiger partial charge in [0.1, 0.15) is 11.4 Å². The second-order valence-corrected chi connectivity index (χ2v) is 9.05. The molecule has 1 unspecified atom stereocenters. The highest BCUT2D eigenvalue weighted by molar-refractivity contribution is 9.10. The first-order valence-corrected chi connectivity index (χ1v) is 11.7. The summed E-state index contributed by atoms with van der Waals surface area (Å²) < 4.78 is 6.23. The first kappa shape index (κ1) is 22.7. The minimum Gasteiger partial charge on any atom is -0.497 e. The SMILES string of the molecule is COc1cccc(C(CN2C(=O)c3ccccc3C2=O)NC(=O)c2cc3cc(Br)ccc3cn2)c1. The molecule has 1 aliphatic rings. The lowest BCUT2D eigenvalue weighted by molar-refractivity contribution is 0.0628. The van der Waals surface area contributed by atoms with E-state index in [1.807, 2.05) is 24.3 Å². The smallest absolute Gasteiger partial charge is 0.270 e. The van der Waals surface area contributed by atoms with Crippen molar-refractivity contribution in [3.63, 3.8) is 0 Å². The molecule has 0 bridgehead atoms. The second-order valence-electron chi connectivity index (χ2n) is 8.13. The van der Waals surface area contributed by atoms with Gasteiger partial charge in [-0.05, 0) is 53.4 Å². The summed E-state index contributed by atoms with van der Waals surface area (Å²) >= 11 is 3.45. The number of imide groups is 1. The summed E-state index contributed by atoms with van der Waals surface area (Å²) in [5, 5.41) is 4.72. The third-order valence-corrected chi connectivity index (χ3v) is 6.45. The van der Waals surface area contributed by atoms with Gasteiger partial charge in [-0.1, -0.05) is 46.3 Å². The minimum atomic E-state index is -0.681. The van der Waals surface area contributed by atoms with Gasteiger partial charge in [-0.2, -0.15) is 0 Å². The number of hydrogen-bond acceptors (Lipinski definition) is 5. The van der Waals surface area contributed by atoms with Crippen molar-refractivity contribution in [2.45, 2.75) is 6.04 Å². The number of halogens is 1. The molecule has 1 aliphatic heterocycles. The average Bonchev–Trinajstić information content (AvgIpc) is 3.12. The zero-order valence-electron chi connectivity index (χ0n) is 18.7. The van der Waals surface area contributed by atoms with Crippen LogP contribution in [0.2, 0.25) is 0 Å². The number of fused-ring (bicyclic) bond motifs is 2. The summed E-state index contributed by atoms with van der Waals surface area (Å²) in [6, 6.07) is 20.6. The van der Waals surface area contributed by atoms with Crippen molar-refractivity contribution in [3.8, 4) is 5.75 Å². The molecular weight excluding hydrogens is 510 g/mol. The second kappa shape index (κ2) is 9.31.